The van der Waals surface area contributed by atoms with Crippen molar-refractivity contribution in [1.82, 2.24) is 20.4 Å². The number of nitrogens with one attached hydrogen (secondary N) is 2. The summed E-state index contributed by atoms with van der Waals surface area (Å²) in [5.41, 5.74) is 0.413. The molecule has 1 aromatic rings. The average Bonchev–Trinajstić information content (AvgIpc) is 3.29. The van der Waals surface area contributed by atoms with Gasteiger partial charge in [-0.2, -0.15) is 11.8 Å². The van der Waals surface area contributed by atoms with Crippen molar-refractivity contribution in [2.24, 2.45) is 5.92 Å². The van der Waals surface area contributed by atoms with E-state index in [1.165, 1.54) is 37.7 Å². The lowest BCUT2D eigenvalue weighted by Gasteiger charge is -2.33. The van der Waals surface area contributed by atoms with Gasteiger partial charge in [-0.1, -0.05) is 49.6 Å². The molecule has 1 aromatic carbocycles. The lowest BCUT2D eigenvalue weighted by Crippen LogP contribution is -2.57. The minimum atomic E-state index is -3.67. The van der Waals surface area contributed by atoms with E-state index < -0.39 is 51.2 Å². The summed E-state index contributed by atoms with van der Waals surface area (Å²) in [6.45, 7) is 7.63. The van der Waals surface area contributed by atoms with Crippen molar-refractivity contribution >= 4 is 39.5 Å². The first-order valence-electron chi connectivity index (χ1n) is 15.5. The van der Waals surface area contributed by atoms with Crippen LogP contribution in [0.15, 0.2) is 30.3 Å². The van der Waals surface area contributed by atoms with Gasteiger partial charge in [0.05, 0.1) is 5.75 Å². The largest absolute Gasteiger partial charge is 0.444 e. The van der Waals surface area contributed by atoms with Crippen molar-refractivity contribution in [3.63, 3.8) is 0 Å². The number of piperidine rings is 1. The predicted molar refractivity (Wildman–Crippen MR) is 169 cm³/mol. The van der Waals surface area contributed by atoms with Gasteiger partial charge in [-0.25, -0.2) is 13.2 Å². The molecule has 4 rings (SSSR count). The Balaban J connectivity index is 1.37. The molecule has 2 N–H and O–H groups in total. The van der Waals surface area contributed by atoms with E-state index in [-0.39, 0.29) is 11.9 Å². The van der Waals surface area contributed by atoms with Crippen molar-refractivity contribution in [2.45, 2.75) is 96.0 Å². The van der Waals surface area contributed by atoms with Gasteiger partial charge in [-0.15, -0.1) is 0 Å². The molecule has 3 fully saturated rings. The SMILES string of the molecule is CC(C)(C)OC(=O)N1CS(=O)(=O)C[C@H]1C(=O)N[C@@H](CSCC1CCCCC1)C(=O)NC1CCN(Cc2ccccc2)CC1. The molecule has 3 amide bonds. The smallest absolute Gasteiger partial charge is 0.411 e. The number of hydrogen-bond acceptors (Lipinski definition) is 8. The summed E-state index contributed by atoms with van der Waals surface area (Å²) in [6.07, 6.45) is 6.85. The molecule has 240 valence electrons. The van der Waals surface area contributed by atoms with Crippen molar-refractivity contribution in [2.75, 3.05) is 36.2 Å². The zero-order valence-electron chi connectivity index (χ0n) is 25.8. The van der Waals surface area contributed by atoms with E-state index in [9.17, 15) is 22.8 Å². The minimum absolute atomic E-state index is 0.00705. The van der Waals surface area contributed by atoms with Gasteiger partial charge in [-0.05, 0) is 63.7 Å². The van der Waals surface area contributed by atoms with Gasteiger partial charge in [-0.3, -0.25) is 19.4 Å². The predicted octanol–water partition coefficient (Wildman–Crippen LogP) is 3.56. The summed E-state index contributed by atoms with van der Waals surface area (Å²) in [5.74, 6) is -0.101. The Bertz CT molecular complexity index is 1190. The number of benzene rings is 1. The van der Waals surface area contributed by atoms with Crippen LogP contribution in [0.25, 0.3) is 0 Å². The number of nitrogens with zero attached hydrogens (tertiary/aromatic N) is 2. The molecular weight excluding hydrogens is 588 g/mol. The van der Waals surface area contributed by atoms with Crippen molar-refractivity contribution in [3.05, 3.63) is 35.9 Å². The fourth-order valence-electron chi connectivity index (χ4n) is 5.94. The molecule has 43 heavy (non-hydrogen) atoms. The van der Waals surface area contributed by atoms with Crippen LogP contribution in [0, 0.1) is 5.92 Å². The average molecular weight is 637 g/mol. The monoisotopic (exact) mass is 636 g/mol. The third-order valence-corrected chi connectivity index (χ3v) is 11.0. The zero-order chi connectivity index (χ0) is 31.0. The fraction of sp³-hybridized carbons (Fsp3) is 0.710. The maximum Gasteiger partial charge on any atom is 0.411 e. The standard InChI is InChI=1S/C31H48N4O6S2/c1-31(2,3)41-30(38)35-22-43(39,40)21-27(35)29(37)33-26(20-42-19-24-12-8-5-9-13-24)28(36)32-25-14-16-34(17-15-25)18-23-10-6-4-7-11-23/h4,6-7,10-11,24-27H,5,8-9,12-22H2,1-3H3,(H,32,36)(H,33,37)/t26-,27-/m0/s1. The maximum atomic E-state index is 13.6. The minimum Gasteiger partial charge on any atom is -0.444 e. The number of carbonyl (C=O) groups excluding carboxylic acids is 3. The van der Waals surface area contributed by atoms with E-state index in [1.54, 1.807) is 32.5 Å². The Morgan fingerprint density at radius 3 is 2.35 bits per heavy atom. The van der Waals surface area contributed by atoms with E-state index in [1.807, 2.05) is 18.2 Å². The van der Waals surface area contributed by atoms with Crippen LogP contribution in [0.5, 0.6) is 0 Å². The van der Waals surface area contributed by atoms with Gasteiger partial charge in [0.1, 0.15) is 23.6 Å². The Labute approximate surface area is 261 Å². The van der Waals surface area contributed by atoms with Crippen LogP contribution >= 0.6 is 11.8 Å². The number of carbonyl (C=O) groups is 3. The molecule has 2 saturated heterocycles. The van der Waals surface area contributed by atoms with E-state index in [2.05, 4.69) is 27.7 Å². The van der Waals surface area contributed by atoms with Gasteiger partial charge in [0.2, 0.25) is 11.8 Å². The topological polar surface area (TPSA) is 125 Å². The molecule has 2 heterocycles. The molecule has 2 aliphatic heterocycles. The van der Waals surface area contributed by atoms with Gasteiger partial charge in [0.15, 0.2) is 9.84 Å². The fourth-order valence-corrected chi connectivity index (χ4v) is 8.84. The highest BCUT2D eigenvalue weighted by Gasteiger charge is 2.45. The molecule has 0 spiro atoms. The third-order valence-electron chi connectivity index (χ3n) is 8.23. The molecule has 1 saturated carbocycles. The van der Waals surface area contributed by atoms with Crippen LogP contribution < -0.4 is 10.6 Å². The lowest BCUT2D eigenvalue weighted by molar-refractivity contribution is -0.131. The lowest BCUT2D eigenvalue weighted by atomic mass is 9.91. The Morgan fingerprint density at radius 2 is 1.70 bits per heavy atom. The molecule has 0 unspecified atom stereocenters. The molecule has 3 aliphatic rings. The highest BCUT2D eigenvalue weighted by molar-refractivity contribution is 7.99. The van der Waals surface area contributed by atoms with Crippen LogP contribution in [0.4, 0.5) is 4.79 Å². The number of amides is 3. The summed E-state index contributed by atoms with van der Waals surface area (Å²) >= 11 is 1.65. The van der Waals surface area contributed by atoms with Crippen molar-refractivity contribution < 1.29 is 27.5 Å². The van der Waals surface area contributed by atoms with Crippen LogP contribution in [0.1, 0.15) is 71.3 Å². The van der Waals surface area contributed by atoms with Gasteiger partial charge in [0, 0.05) is 31.4 Å². The van der Waals surface area contributed by atoms with Gasteiger partial charge >= 0.3 is 6.09 Å². The zero-order valence-corrected chi connectivity index (χ0v) is 27.4. The number of thioether (sulfide) groups is 1. The number of hydrogen-bond donors (Lipinski definition) is 2. The van der Waals surface area contributed by atoms with Crippen molar-refractivity contribution in [1.29, 1.82) is 0 Å². The van der Waals surface area contributed by atoms with E-state index in [0.717, 1.165) is 43.1 Å². The van der Waals surface area contributed by atoms with E-state index in [4.69, 9.17) is 4.74 Å². The van der Waals surface area contributed by atoms with Crippen LogP contribution in [-0.2, 0) is 30.7 Å². The maximum absolute atomic E-state index is 13.6. The summed E-state index contributed by atoms with van der Waals surface area (Å²) in [6, 6.07) is 8.22. The molecule has 0 radical (unpaired) electrons. The van der Waals surface area contributed by atoms with Gasteiger partial charge < -0.3 is 15.4 Å². The molecule has 0 aromatic heterocycles. The second-order valence-corrected chi connectivity index (χ2v) is 16.3. The first-order valence-corrected chi connectivity index (χ1v) is 18.5. The van der Waals surface area contributed by atoms with Crippen LogP contribution in [-0.4, -0.2) is 96.1 Å². The molecule has 2 atom stereocenters. The molecule has 12 heteroatoms. The number of ether oxygens (including phenoxy) is 1. The molecule has 0 bridgehead atoms. The quantitative estimate of drug-likeness (QED) is 0.400. The summed E-state index contributed by atoms with van der Waals surface area (Å²) in [5, 5.41) is 5.97. The van der Waals surface area contributed by atoms with E-state index in [0.29, 0.717) is 11.7 Å². The third kappa shape index (κ3) is 10.7. The molecular formula is C31H48N4O6S2. The summed E-state index contributed by atoms with van der Waals surface area (Å²) in [4.78, 5) is 43.2. The normalized spacial score (nSPS) is 22.6. The first kappa shape index (κ1) is 33.6. The van der Waals surface area contributed by atoms with Gasteiger partial charge in [0.25, 0.3) is 0 Å². The Kier molecular flexibility index (Phi) is 11.8. The highest BCUT2D eigenvalue weighted by Crippen LogP contribution is 2.27. The molecule has 1 aliphatic carbocycles. The highest BCUT2D eigenvalue weighted by atomic mass is 32.2. The number of likely N-dealkylation sites (tertiary alicyclic amines) is 1. The summed E-state index contributed by atoms with van der Waals surface area (Å²) in [7, 11) is -3.67. The van der Waals surface area contributed by atoms with Crippen molar-refractivity contribution in [3.8, 4) is 0 Å². The second-order valence-electron chi connectivity index (χ2n) is 13.2. The Hall–Kier alpha value is -2.31. The number of rotatable bonds is 10. The second kappa shape index (κ2) is 15.1. The first-order chi connectivity index (χ1) is 20.4. The van der Waals surface area contributed by atoms with E-state index >= 15 is 0 Å². The number of sulfone groups is 1. The van der Waals surface area contributed by atoms with Crippen LogP contribution in [0.2, 0.25) is 0 Å². The molecule has 10 nitrogen and oxygen atoms in total. The van der Waals surface area contributed by atoms with Crippen LogP contribution in [0.3, 0.4) is 0 Å². The Morgan fingerprint density at radius 1 is 1.02 bits per heavy atom. The summed E-state index contributed by atoms with van der Waals surface area (Å²) < 4.78 is 30.3.